The van der Waals surface area contributed by atoms with Crippen LogP contribution in [0.1, 0.15) is 10.5 Å². The Morgan fingerprint density at radius 2 is 2.20 bits per heavy atom. The van der Waals surface area contributed by atoms with Crippen molar-refractivity contribution in [3.63, 3.8) is 0 Å². The summed E-state index contributed by atoms with van der Waals surface area (Å²) in [4.78, 5) is 28.6. The molecule has 9 heteroatoms. The zero-order valence-electron chi connectivity index (χ0n) is 9.69. The van der Waals surface area contributed by atoms with E-state index in [0.29, 0.717) is 0 Å². The first kappa shape index (κ1) is 13.9. The molecule has 0 fully saturated rings. The first-order valence-electron chi connectivity index (χ1n) is 5.14. The number of hydrogen-bond acceptors (Lipinski definition) is 6. The summed E-state index contributed by atoms with van der Waals surface area (Å²) >= 11 is 3.07. The minimum absolute atomic E-state index is 0.102. The van der Waals surface area contributed by atoms with Gasteiger partial charge < -0.3 is 9.84 Å². The van der Waals surface area contributed by atoms with Crippen molar-refractivity contribution < 1.29 is 19.6 Å². The van der Waals surface area contributed by atoms with Crippen molar-refractivity contribution in [2.45, 2.75) is 0 Å². The molecular weight excluding hydrogens is 334 g/mol. The van der Waals surface area contributed by atoms with Crippen molar-refractivity contribution in [1.29, 1.82) is 0 Å². The molecule has 0 amide bonds. The van der Waals surface area contributed by atoms with Crippen LogP contribution in [-0.2, 0) is 0 Å². The Balaban J connectivity index is 2.51. The summed E-state index contributed by atoms with van der Waals surface area (Å²) in [5, 5.41) is 19.9. The summed E-state index contributed by atoms with van der Waals surface area (Å²) in [7, 11) is 0. The molecule has 8 nitrogen and oxygen atoms in total. The zero-order valence-corrected chi connectivity index (χ0v) is 11.3. The standard InChI is InChI=1S/C11H6BrN3O5/c12-6-4-13-5-7(15(18)19)10(6)20-8-2-1-3-14-9(8)11(16)17/h1-5H,(H,16,17). The first-order chi connectivity index (χ1) is 9.50. The highest BCUT2D eigenvalue weighted by molar-refractivity contribution is 9.10. The van der Waals surface area contributed by atoms with Crippen LogP contribution in [0.5, 0.6) is 11.5 Å². The monoisotopic (exact) mass is 339 g/mol. The third-order valence-corrected chi connectivity index (χ3v) is 2.78. The maximum Gasteiger partial charge on any atom is 0.358 e. The van der Waals surface area contributed by atoms with Gasteiger partial charge in [-0.1, -0.05) is 0 Å². The number of carboxylic acids is 1. The second-order valence-electron chi connectivity index (χ2n) is 3.48. The van der Waals surface area contributed by atoms with Crippen molar-refractivity contribution in [2.75, 3.05) is 0 Å². The largest absolute Gasteiger partial charge is 0.476 e. The summed E-state index contributed by atoms with van der Waals surface area (Å²) in [5.41, 5.74) is -0.731. The van der Waals surface area contributed by atoms with Crippen LogP contribution in [0.3, 0.4) is 0 Å². The van der Waals surface area contributed by atoms with Gasteiger partial charge in [0.2, 0.25) is 5.75 Å². The summed E-state index contributed by atoms with van der Waals surface area (Å²) in [5.74, 6) is -1.54. The predicted octanol–water partition coefficient (Wildman–Crippen LogP) is 2.64. The van der Waals surface area contributed by atoms with Gasteiger partial charge in [-0.15, -0.1) is 0 Å². The zero-order chi connectivity index (χ0) is 14.7. The third-order valence-electron chi connectivity index (χ3n) is 2.22. The average molecular weight is 340 g/mol. The maximum absolute atomic E-state index is 11.0. The van der Waals surface area contributed by atoms with Gasteiger partial charge in [0.15, 0.2) is 11.4 Å². The van der Waals surface area contributed by atoms with E-state index in [-0.39, 0.29) is 27.4 Å². The lowest BCUT2D eigenvalue weighted by atomic mass is 10.3. The molecule has 0 aliphatic carbocycles. The lowest BCUT2D eigenvalue weighted by molar-refractivity contribution is -0.386. The fourth-order valence-electron chi connectivity index (χ4n) is 1.39. The van der Waals surface area contributed by atoms with Crippen LogP contribution in [0, 0.1) is 10.1 Å². The van der Waals surface area contributed by atoms with Crippen LogP contribution >= 0.6 is 15.9 Å². The number of nitro groups is 1. The lowest BCUT2D eigenvalue weighted by Gasteiger charge is -2.09. The summed E-state index contributed by atoms with van der Waals surface area (Å²) < 4.78 is 5.55. The number of carbonyl (C=O) groups is 1. The van der Waals surface area contributed by atoms with Gasteiger partial charge in [-0.05, 0) is 28.1 Å². The van der Waals surface area contributed by atoms with Crippen LogP contribution in [0.15, 0.2) is 35.2 Å². The molecule has 0 aliphatic heterocycles. The summed E-state index contributed by atoms with van der Waals surface area (Å²) in [6, 6.07) is 2.82. The van der Waals surface area contributed by atoms with Crippen molar-refractivity contribution in [3.05, 3.63) is 51.0 Å². The van der Waals surface area contributed by atoms with E-state index < -0.39 is 10.9 Å². The maximum atomic E-state index is 11.0. The molecule has 1 N–H and O–H groups in total. The number of ether oxygens (including phenoxy) is 1. The van der Waals surface area contributed by atoms with Crippen molar-refractivity contribution in [2.24, 2.45) is 0 Å². The summed E-state index contributed by atoms with van der Waals surface area (Å²) in [6.07, 6.45) is 3.60. The molecule has 0 aliphatic rings. The molecule has 0 bridgehead atoms. The highest BCUT2D eigenvalue weighted by Gasteiger charge is 2.22. The number of hydrogen-bond donors (Lipinski definition) is 1. The molecule has 0 atom stereocenters. The second-order valence-corrected chi connectivity index (χ2v) is 4.34. The Kier molecular flexibility index (Phi) is 3.89. The van der Waals surface area contributed by atoms with Gasteiger partial charge in [0.1, 0.15) is 6.20 Å². The molecule has 0 saturated carbocycles. The van der Waals surface area contributed by atoms with Crippen molar-refractivity contribution >= 4 is 27.6 Å². The van der Waals surface area contributed by atoms with E-state index in [1.807, 2.05) is 0 Å². The van der Waals surface area contributed by atoms with Crippen LogP contribution in [0.25, 0.3) is 0 Å². The normalized spacial score (nSPS) is 10.1. The molecule has 102 valence electrons. The van der Waals surface area contributed by atoms with E-state index in [1.54, 1.807) is 0 Å². The van der Waals surface area contributed by atoms with Gasteiger partial charge in [0.25, 0.3) is 0 Å². The fourth-order valence-corrected chi connectivity index (χ4v) is 1.79. The quantitative estimate of drug-likeness (QED) is 0.672. The Hall–Kier alpha value is -2.55. The minimum Gasteiger partial charge on any atom is -0.476 e. The van der Waals surface area contributed by atoms with Gasteiger partial charge in [0, 0.05) is 12.4 Å². The molecule has 0 aromatic carbocycles. The SMILES string of the molecule is O=C(O)c1ncccc1Oc1c(Br)cncc1[N+](=O)[O-]. The van der Waals surface area contributed by atoms with E-state index in [0.717, 1.165) is 6.20 Å². The van der Waals surface area contributed by atoms with Gasteiger partial charge in [-0.25, -0.2) is 9.78 Å². The molecule has 0 spiro atoms. The highest BCUT2D eigenvalue weighted by atomic mass is 79.9. The molecule has 0 radical (unpaired) electrons. The number of pyridine rings is 2. The van der Waals surface area contributed by atoms with E-state index >= 15 is 0 Å². The van der Waals surface area contributed by atoms with E-state index in [1.165, 1.54) is 24.5 Å². The van der Waals surface area contributed by atoms with Crippen LogP contribution in [-0.4, -0.2) is 26.0 Å². The van der Waals surface area contributed by atoms with Crippen LogP contribution in [0.2, 0.25) is 0 Å². The molecule has 0 saturated heterocycles. The molecular formula is C11H6BrN3O5. The fraction of sp³-hybridized carbons (Fsp3) is 0. The van der Waals surface area contributed by atoms with E-state index in [2.05, 4.69) is 25.9 Å². The highest BCUT2D eigenvalue weighted by Crippen LogP contribution is 2.37. The third kappa shape index (κ3) is 2.72. The Morgan fingerprint density at radius 3 is 2.85 bits per heavy atom. The molecule has 2 aromatic rings. The number of nitrogens with zero attached hydrogens (tertiary/aromatic N) is 3. The molecule has 20 heavy (non-hydrogen) atoms. The minimum atomic E-state index is -1.30. The van der Waals surface area contributed by atoms with Gasteiger partial charge in [0.05, 0.1) is 9.40 Å². The molecule has 0 unspecified atom stereocenters. The van der Waals surface area contributed by atoms with Crippen LogP contribution < -0.4 is 4.74 Å². The number of halogens is 1. The molecule has 2 rings (SSSR count). The Labute approximate surface area is 120 Å². The Morgan fingerprint density at radius 1 is 1.45 bits per heavy atom. The average Bonchev–Trinajstić information content (AvgIpc) is 2.41. The number of aromatic carboxylic acids is 1. The predicted molar refractivity (Wildman–Crippen MR) is 69.9 cm³/mol. The van der Waals surface area contributed by atoms with Gasteiger partial charge in [-0.3, -0.25) is 15.1 Å². The smallest absolute Gasteiger partial charge is 0.358 e. The Bertz CT molecular complexity index is 692. The first-order valence-corrected chi connectivity index (χ1v) is 5.94. The topological polar surface area (TPSA) is 115 Å². The van der Waals surface area contributed by atoms with Gasteiger partial charge >= 0.3 is 11.7 Å². The van der Waals surface area contributed by atoms with Gasteiger partial charge in [-0.2, -0.15) is 0 Å². The number of aromatic nitrogens is 2. The van der Waals surface area contributed by atoms with E-state index in [4.69, 9.17) is 9.84 Å². The number of rotatable bonds is 4. The summed E-state index contributed by atoms with van der Waals surface area (Å²) in [6.45, 7) is 0. The molecule has 2 heterocycles. The van der Waals surface area contributed by atoms with Crippen LogP contribution in [0.4, 0.5) is 5.69 Å². The van der Waals surface area contributed by atoms with E-state index in [9.17, 15) is 14.9 Å². The molecule has 2 aromatic heterocycles. The van der Waals surface area contributed by atoms with Crippen molar-refractivity contribution in [3.8, 4) is 11.5 Å². The van der Waals surface area contributed by atoms with Crippen molar-refractivity contribution in [1.82, 2.24) is 9.97 Å². The number of carboxylic acid groups (broad SMARTS) is 1. The lowest BCUT2D eigenvalue weighted by Crippen LogP contribution is -2.04. The second kappa shape index (κ2) is 5.61.